The van der Waals surface area contributed by atoms with Crippen LogP contribution in [0.25, 0.3) is 0 Å². The molecule has 31 heavy (non-hydrogen) atoms. The summed E-state index contributed by atoms with van der Waals surface area (Å²) in [5, 5.41) is 11.9. The molecule has 1 spiro atoms. The molecule has 1 saturated heterocycles. The number of amides is 1. The lowest BCUT2D eigenvalue weighted by molar-refractivity contribution is 0.0148. The molecule has 164 valence electrons. The van der Waals surface area contributed by atoms with Gasteiger partial charge in [0.15, 0.2) is 0 Å². The van der Waals surface area contributed by atoms with E-state index in [4.69, 9.17) is 9.47 Å². The van der Waals surface area contributed by atoms with Gasteiger partial charge in [-0.3, -0.25) is 4.90 Å². The average molecular weight is 424 g/mol. The third-order valence-corrected chi connectivity index (χ3v) is 6.71. The van der Waals surface area contributed by atoms with Gasteiger partial charge in [-0.1, -0.05) is 6.07 Å². The highest BCUT2D eigenvalue weighted by Gasteiger charge is 2.47. The molecular weight excluding hydrogens is 394 g/mol. The fourth-order valence-electron chi connectivity index (χ4n) is 4.88. The van der Waals surface area contributed by atoms with Crippen LogP contribution >= 0.6 is 0 Å². The Morgan fingerprint density at radius 3 is 2.65 bits per heavy atom. The zero-order valence-electron chi connectivity index (χ0n) is 17.7. The third-order valence-electron chi connectivity index (χ3n) is 6.71. The van der Waals surface area contributed by atoms with Crippen molar-refractivity contribution in [2.75, 3.05) is 23.3 Å². The van der Waals surface area contributed by atoms with Crippen LogP contribution in [-0.2, 0) is 4.74 Å². The molecule has 1 N–H and O–H groups in total. The lowest BCUT2D eigenvalue weighted by Crippen LogP contribution is -2.39. The van der Waals surface area contributed by atoms with Gasteiger partial charge in [-0.05, 0) is 75.5 Å². The summed E-state index contributed by atoms with van der Waals surface area (Å²) in [6, 6.07) is 9.42. The molecule has 3 fully saturated rings. The van der Waals surface area contributed by atoms with Gasteiger partial charge < -0.3 is 14.8 Å². The predicted octanol–water partition coefficient (Wildman–Crippen LogP) is 4.19. The molecule has 2 aliphatic carbocycles. The van der Waals surface area contributed by atoms with E-state index in [-0.39, 0.29) is 11.7 Å². The molecule has 3 heterocycles. The number of hydrogen-bond acceptors (Lipinski definition) is 7. The van der Waals surface area contributed by atoms with Crippen LogP contribution in [0.1, 0.15) is 51.4 Å². The van der Waals surface area contributed by atoms with Crippen molar-refractivity contribution in [3.63, 3.8) is 0 Å². The van der Waals surface area contributed by atoms with E-state index in [0.29, 0.717) is 30.3 Å². The van der Waals surface area contributed by atoms with Crippen molar-refractivity contribution in [1.29, 1.82) is 0 Å². The minimum Gasteiger partial charge on any atom is -0.473 e. The quantitative estimate of drug-likeness (QED) is 0.745. The van der Waals surface area contributed by atoms with Crippen LogP contribution in [0.15, 0.2) is 36.5 Å². The number of nitrogens with zero attached hydrogens (tertiary/aromatic N) is 4. The Hall–Kier alpha value is -2.90. The second-order valence-electron chi connectivity index (χ2n) is 8.93. The van der Waals surface area contributed by atoms with E-state index < -0.39 is 0 Å². The van der Waals surface area contributed by atoms with Crippen molar-refractivity contribution >= 4 is 17.7 Å². The fourth-order valence-corrected chi connectivity index (χ4v) is 4.88. The molecule has 0 atom stereocenters. The Morgan fingerprint density at radius 2 is 1.94 bits per heavy atom. The lowest BCUT2D eigenvalue weighted by atomic mass is 9.78. The SMILES string of the molecule is O=C1OC2(CCC(CNc3ccc(OC4CCCC4)nn3)CC2)CN1c1ccccn1. The zero-order valence-corrected chi connectivity index (χ0v) is 17.7. The average Bonchev–Trinajstić information content (AvgIpc) is 3.43. The number of aromatic nitrogens is 3. The van der Waals surface area contributed by atoms with Crippen LogP contribution in [0.4, 0.5) is 16.4 Å². The van der Waals surface area contributed by atoms with Crippen molar-refractivity contribution < 1.29 is 14.3 Å². The maximum atomic E-state index is 12.4. The molecule has 0 radical (unpaired) electrons. The number of ether oxygens (including phenoxy) is 2. The first kappa shape index (κ1) is 20.0. The summed E-state index contributed by atoms with van der Waals surface area (Å²) in [4.78, 5) is 18.4. The first-order valence-electron chi connectivity index (χ1n) is 11.3. The van der Waals surface area contributed by atoms with Crippen LogP contribution in [0, 0.1) is 5.92 Å². The van der Waals surface area contributed by atoms with E-state index in [1.165, 1.54) is 12.8 Å². The van der Waals surface area contributed by atoms with Gasteiger partial charge >= 0.3 is 6.09 Å². The number of carbonyl (C=O) groups excluding carboxylic acids is 1. The number of nitrogens with one attached hydrogen (secondary N) is 1. The largest absolute Gasteiger partial charge is 0.473 e. The standard InChI is InChI=1S/C23H29N5O3/c29-22-28(20-7-3-4-14-24-20)16-23(31-22)12-10-17(11-13-23)15-25-19-8-9-21(27-26-19)30-18-5-1-2-6-18/h3-4,7-9,14,17-18H,1-2,5-6,10-13,15-16H2,(H,25,26). The lowest BCUT2D eigenvalue weighted by Gasteiger charge is -2.35. The minimum absolute atomic E-state index is 0.287. The molecule has 8 nitrogen and oxygen atoms in total. The molecule has 1 amide bonds. The third kappa shape index (κ3) is 4.57. The van der Waals surface area contributed by atoms with Crippen LogP contribution in [0.3, 0.4) is 0 Å². The summed E-state index contributed by atoms with van der Waals surface area (Å²) in [6.45, 7) is 1.42. The maximum absolute atomic E-state index is 12.4. The van der Waals surface area contributed by atoms with E-state index in [1.807, 2.05) is 30.3 Å². The second-order valence-corrected chi connectivity index (χ2v) is 8.93. The summed E-state index contributed by atoms with van der Waals surface area (Å²) < 4.78 is 11.7. The molecule has 2 aromatic heterocycles. The van der Waals surface area contributed by atoms with Crippen molar-refractivity contribution in [1.82, 2.24) is 15.2 Å². The second kappa shape index (κ2) is 8.69. The van der Waals surface area contributed by atoms with E-state index in [1.54, 1.807) is 11.1 Å². The molecular formula is C23H29N5O3. The molecule has 0 bridgehead atoms. The first-order chi connectivity index (χ1) is 15.2. The Morgan fingerprint density at radius 1 is 1.10 bits per heavy atom. The van der Waals surface area contributed by atoms with Gasteiger partial charge in [0, 0.05) is 18.8 Å². The number of anilines is 2. The normalized spacial score (nSPS) is 26.3. The van der Waals surface area contributed by atoms with E-state index in [2.05, 4.69) is 20.5 Å². The predicted molar refractivity (Wildman–Crippen MR) is 116 cm³/mol. The molecule has 5 rings (SSSR count). The number of rotatable bonds is 6. The van der Waals surface area contributed by atoms with Gasteiger partial charge in [0.1, 0.15) is 23.3 Å². The van der Waals surface area contributed by atoms with Crippen molar-refractivity contribution in [2.45, 2.75) is 63.1 Å². The van der Waals surface area contributed by atoms with Gasteiger partial charge in [-0.25, -0.2) is 9.78 Å². The Balaban J connectivity index is 1.09. The Labute approximate surface area is 182 Å². The molecule has 1 aliphatic heterocycles. The summed E-state index contributed by atoms with van der Waals surface area (Å²) in [5.74, 6) is 2.56. The zero-order chi connectivity index (χ0) is 21.1. The Kier molecular flexibility index (Phi) is 5.61. The van der Waals surface area contributed by atoms with Crippen LogP contribution in [0.5, 0.6) is 5.88 Å². The molecule has 2 saturated carbocycles. The summed E-state index contributed by atoms with van der Waals surface area (Å²) >= 11 is 0. The molecule has 2 aromatic rings. The molecule has 3 aliphatic rings. The molecule has 0 aromatic carbocycles. The van der Waals surface area contributed by atoms with Crippen molar-refractivity contribution in [3.05, 3.63) is 36.5 Å². The van der Waals surface area contributed by atoms with Crippen LogP contribution in [0.2, 0.25) is 0 Å². The Bertz CT molecular complexity index is 878. The number of hydrogen-bond donors (Lipinski definition) is 1. The summed E-state index contributed by atoms with van der Waals surface area (Å²) in [7, 11) is 0. The van der Waals surface area contributed by atoms with Gasteiger partial charge in [-0.2, -0.15) is 0 Å². The van der Waals surface area contributed by atoms with Gasteiger partial charge in [0.2, 0.25) is 5.88 Å². The topological polar surface area (TPSA) is 89.5 Å². The summed E-state index contributed by atoms with van der Waals surface area (Å²) in [6.07, 6.45) is 10.2. The smallest absolute Gasteiger partial charge is 0.416 e. The maximum Gasteiger partial charge on any atom is 0.416 e. The minimum atomic E-state index is -0.385. The molecule has 8 heteroatoms. The van der Waals surface area contributed by atoms with Crippen LogP contribution in [-0.4, -0.2) is 46.1 Å². The summed E-state index contributed by atoms with van der Waals surface area (Å²) in [5.41, 5.74) is -0.385. The highest BCUT2D eigenvalue weighted by Crippen LogP contribution is 2.40. The van der Waals surface area contributed by atoms with Gasteiger partial charge in [-0.15, -0.1) is 10.2 Å². The highest BCUT2D eigenvalue weighted by molar-refractivity contribution is 5.89. The van der Waals surface area contributed by atoms with E-state index in [9.17, 15) is 4.79 Å². The highest BCUT2D eigenvalue weighted by atomic mass is 16.6. The van der Waals surface area contributed by atoms with Gasteiger partial charge in [0.25, 0.3) is 0 Å². The van der Waals surface area contributed by atoms with E-state index >= 15 is 0 Å². The first-order valence-corrected chi connectivity index (χ1v) is 11.3. The number of pyridine rings is 1. The van der Waals surface area contributed by atoms with Crippen LogP contribution < -0.4 is 15.0 Å². The van der Waals surface area contributed by atoms with Crippen molar-refractivity contribution in [3.8, 4) is 5.88 Å². The van der Waals surface area contributed by atoms with Crippen molar-refractivity contribution in [2.24, 2.45) is 5.92 Å². The fraction of sp³-hybridized carbons (Fsp3) is 0.565. The van der Waals surface area contributed by atoms with E-state index in [0.717, 1.165) is 50.9 Å². The number of carbonyl (C=O) groups is 1. The molecule has 0 unspecified atom stereocenters. The monoisotopic (exact) mass is 423 g/mol. The van der Waals surface area contributed by atoms with Gasteiger partial charge in [0.05, 0.1) is 6.54 Å².